The molecule has 0 radical (unpaired) electrons. The van der Waals surface area contributed by atoms with E-state index < -0.39 is 5.97 Å². The second-order valence-electron chi connectivity index (χ2n) is 3.73. The van der Waals surface area contributed by atoms with Crippen molar-refractivity contribution >= 4 is 11.6 Å². The van der Waals surface area contributed by atoms with Crippen LogP contribution in [0.4, 0.5) is 0 Å². The molecule has 0 fully saturated rings. The first-order chi connectivity index (χ1) is 9.24. The smallest absolute Gasteiger partial charge is 0.335 e. The average molecular weight is 256 g/mol. The Morgan fingerprint density at radius 3 is 3.11 bits per heavy atom. The Kier molecular flexibility index (Phi) is 2.57. The predicted molar refractivity (Wildman–Crippen MR) is 64.3 cm³/mol. The Labute approximate surface area is 107 Å². The van der Waals surface area contributed by atoms with E-state index in [1.165, 1.54) is 18.5 Å². The molecule has 0 saturated heterocycles. The lowest BCUT2D eigenvalue weighted by molar-refractivity contribution is 0.0696. The monoisotopic (exact) mass is 256 g/mol. The van der Waals surface area contributed by atoms with E-state index in [-0.39, 0.29) is 11.4 Å². The molecule has 0 atom stereocenters. The maximum Gasteiger partial charge on any atom is 0.335 e. The Bertz CT molecular complexity index is 753. The van der Waals surface area contributed by atoms with Crippen LogP contribution in [0.25, 0.3) is 5.65 Å². The predicted octanol–water partition coefficient (Wildman–Crippen LogP) is 1.61. The number of fused-ring (bicyclic) bond motifs is 1. The van der Waals surface area contributed by atoms with Crippen molar-refractivity contribution in [1.29, 1.82) is 0 Å². The first-order valence-electron chi connectivity index (χ1n) is 5.39. The second-order valence-corrected chi connectivity index (χ2v) is 3.73. The third-order valence-electron chi connectivity index (χ3n) is 2.48. The van der Waals surface area contributed by atoms with Gasteiger partial charge in [0.25, 0.3) is 5.88 Å². The first kappa shape index (κ1) is 11.1. The van der Waals surface area contributed by atoms with Gasteiger partial charge in [-0.15, -0.1) is 10.2 Å². The lowest BCUT2D eigenvalue weighted by Crippen LogP contribution is -1.97. The summed E-state index contributed by atoms with van der Waals surface area (Å²) in [5, 5.41) is 16.5. The Hall–Kier alpha value is -2.96. The highest BCUT2D eigenvalue weighted by molar-refractivity contribution is 5.88. The highest BCUT2D eigenvalue weighted by Gasteiger charge is 2.09. The highest BCUT2D eigenvalue weighted by Crippen LogP contribution is 2.23. The summed E-state index contributed by atoms with van der Waals surface area (Å²) >= 11 is 0. The fourth-order valence-corrected chi connectivity index (χ4v) is 1.61. The van der Waals surface area contributed by atoms with Crippen LogP contribution >= 0.6 is 0 Å². The number of carbonyl (C=O) groups is 1. The standard InChI is InChI=1S/C12H8N4O3/c17-12(18)8-2-1-3-9(6-8)19-11-10-15-14-7-16(10)5-4-13-11/h1-7H,(H,17,18). The van der Waals surface area contributed by atoms with Gasteiger partial charge in [-0.25, -0.2) is 9.78 Å². The highest BCUT2D eigenvalue weighted by atomic mass is 16.5. The zero-order valence-corrected chi connectivity index (χ0v) is 9.59. The molecule has 0 aliphatic rings. The minimum Gasteiger partial charge on any atom is -0.478 e. The van der Waals surface area contributed by atoms with Crippen molar-refractivity contribution in [2.45, 2.75) is 0 Å². The molecule has 0 spiro atoms. The summed E-state index contributed by atoms with van der Waals surface area (Å²) in [7, 11) is 0. The van der Waals surface area contributed by atoms with Gasteiger partial charge >= 0.3 is 5.97 Å². The van der Waals surface area contributed by atoms with Crippen LogP contribution in [0, 0.1) is 0 Å². The maximum atomic E-state index is 10.9. The fourth-order valence-electron chi connectivity index (χ4n) is 1.61. The van der Waals surface area contributed by atoms with Crippen LogP contribution in [0.3, 0.4) is 0 Å². The van der Waals surface area contributed by atoms with Crippen LogP contribution in [0.5, 0.6) is 11.6 Å². The van der Waals surface area contributed by atoms with Crippen molar-refractivity contribution in [1.82, 2.24) is 19.6 Å². The van der Waals surface area contributed by atoms with Crippen LogP contribution in [0.15, 0.2) is 43.0 Å². The van der Waals surface area contributed by atoms with Crippen molar-refractivity contribution in [3.8, 4) is 11.6 Å². The quantitative estimate of drug-likeness (QED) is 0.765. The number of hydrogen-bond donors (Lipinski definition) is 1. The fraction of sp³-hybridized carbons (Fsp3) is 0. The van der Waals surface area contributed by atoms with Crippen molar-refractivity contribution in [2.24, 2.45) is 0 Å². The molecule has 1 N–H and O–H groups in total. The molecule has 0 amide bonds. The topological polar surface area (TPSA) is 89.6 Å². The summed E-state index contributed by atoms with van der Waals surface area (Å²) in [6.07, 6.45) is 4.76. The molecule has 2 heterocycles. The Balaban J connectivity index is 1.99. The normalized spacial score (nSPS) is 10.5. The molecule has 0 unspecified atom stereocenters. The van der Waals surface area contributed by atoms with E-state index in [9.17, 15) is 4.79 Å². The summed E-state index contributed by atoms with van der Waals surface area (Å²) in [6, 6.07) is 6.15. The van der Waals surface area contributed by atoms with E-state index in [0.29, 0.717) is 11.4 Å². The molecule has 3 aromatic rings. The van der Waals surface area contributed by atoms with Crippen LogP contribution in [-0.4, -0.2) is 30.7 Å². The molecule has 94 valence electrons. The molecule has 0 bridgehead atoms. The Morgan fingerprint density at radius 2 is 2.26 bits per heavy atom. The molecule has 0 aliphatic carbocycles. The van der Waals surface area contributed by atoms with E-state index in [2.05, 4.69) is 15.2 Å². The number of hydrogen-bond acceptors (Lipinski definition) is 5. The van der Waals surface area contributed by atoms with Crippen molar-refractivity contribution < 1.29 is 14.6 Å². The van der Waals surface area contributed by atoms with E-state index in [1.807, 2.05) is 0 Å². The summed E-state index contributed by atoms with van der Waals surface area (Å²) in [5.41, 5.74) is 0.606. The number of aromatic nitrogens is 4. The van der Waals surface area contributed by atoms with Gasteiger partial charge in [-0.05, 0) is 18.2 Å². The van der Waals surface area contributed by atoms with Crippen molar-refractivity contribution in [3.05, 3.63) is 48.5 Å². The molecule has 7 nitrogen and oxygen atoms in total. The number of rotatable bonds is 3. The molecular formula is C12H8N4O3. The number of ether oxygens (including phenoxy) is 1. The third kappa shape index (κ3) is 2.08. The lowest BCUT2D eigenvalue weighted by atomic mass is 10.2. The average Bonchev–Trinajstić information content (AvgIpc) is 2.88. The SMILES string of the molecule is O=C(O)c1cccc(Oc2nccn3cnnc23)c1. The van der Waals surface area contributed by atoms with E-state index >= 15 is 0 Å². The molecule has 1 aromatic carbocycles. The first-order valence-corrected chi connectivity index (χ1v) is 5.39. The number of aromatic carboxylic acids is 1. The van der Waals surface area contributed by atoms with Gasteiger partial charge in [0.05, 0.1) is 5.56 Å². The van der Waals surface area contributed by atoms with Gasteiger partial charge in [0.2, 0.25) is 5.65 Å². The molecule has 7 heteroatoms. The number of carboxylic acid groups (broad SMARTS) is 1. The van der Waals surface area contributed by atoms with Gasteiger partial charge in [-0.1, -0.05) is 6.07 Å². The molecule has 2 aromatic heterocycles. The molecule has 3 rings (SSSR count). The van der Waals surface area contributed by atoms with E-state index in [1.54, 1.807) is 28.9 Å². The minimum atomic E-state index is -1.01. The summed E-state index contributed by atoms with van der Waals surface area (Å²) in [5.74, 6) is -0.370. The van der Waals surface area contributed by atoms with Crippen molar-refractivity contribution in [2.75, 3.05) is 0 Å². The lowest BCUT2D eigenvalue weighted by Gasteiger charge is -2.05. The van der Waals surface area contributed by atoms with Crippen LogP contribution < -0.4 is 4.74 Å². The number of benzene rings is 1. The van der Waals surface area contributed by atoms with Gasteiger partial charge in [0.15, 0.2) is 0 Å². The van der Waals surface area contributed by atoms with Gasteiger partial charge < -0.3 is 9.84 Å². The number of carboxylic acids is 1. The van der Waals surface area contributed by atoms with Gasteiger partial charge in [0, 0.05) is 12.4 Å². The van der Waals surface area contributed by atoms with Crippen molar-refractivity contribution in [3.63, 3.8) is 0 Å². The van der Waals surface area contributed by atoms with Gasteiger partial charge in [0.1, 0.15) is 12.1 Å². The largest absolute Gasteiger partial charge is 0.478 e. The van der Waals surface area contributed by atoms with Crippen LogP contribution in [0.2, 0.25) is 0 Å². The van der Waals surface area contributed by atoms with Crippen LogP contribution in [0.1, 0.15) is 10.4 Å². The van der Waals surface area contributed by atoms with Crippen LogP contribution in [-0.2, 0) is 0 Å². The zero-order chi connectivity index (χ0) is 13.2. The minimum absolute atomic E-state index is 0.144. The zero-order valence-electron chi connectivity index (χ0n) is 9.59. The third-order valence-corrected chi connectivity index (χ3v) is 2.48. The van der Waals surface area contributed by atoms with Gasteiger partial charge in [-0.3, -0.25) is 4.40 Å². The Morgan fingerprint density at radius 1 is 1.37 bits per heavy atom. The summed E-state index contributed by atoms with van der Waals surface area (Å²) < 4.78 is 7.20. The maximum absolute atomic E-state index is 10.9. The molecule has 0 saturated carbocycles. The van der Waals surface area contributed by atoms with E-state index in [0.717, 1.165) is 0 Å². The number of nitrogens with zero attached hydrogens (tertiary/aromatic N) is 4. The van der Waals surface area contributed by atoms with Gasteiger partial charge in [-0.2, -0.15) is 0 Å². The summed E-state index contributed by atoms with van der Waals surface area (Å²) in [6.45, 7) is 0. The molecule has 0 aliphatic heterocycles. The molecular weight excluding hydrogens is 248 g/mol. The van der Waals surface area contributed by atoms with E-state index in [4.69, 9.17) is 9.84 Å². The molecule has 19 heavy (non-hydrogen) atoms. The second kappa shape index (κ2) is 4.37. The summed E-state index contributed by atoms with van der Waals surface area (Å²) in [4.78, 5) is 14.9.